The van der Waals surface area contributed by atoms with E-state index < -0.39 is 33.3 Å². The van der Waals surface area contributed by atoms with E-state index in [-0.39, 0.29) is 44.0 Å². The first kappa shape index (κ1) is 16.2. The van der Waals surface area contributed by atoms with Gasteiger partial charge < -0.3 is 20.5 Å². The molecule has 2 saturated heterocycles. The summed E-state index contributed by atoms with van der Waals surface area (Å²) in [6.07, 6.45) is 0.379. The lowest BCUT2D eigenvalue weighted by Gasteiger charge is -2.34. The highest BCUT2D eigenvalue weighted by atomic mass is 32.2. The minimum Gasteiger partial charge on any atom is -0.480 e. The standard InChI is InChI=1S/C12H20N2O6S/c15-10(7-9-8-21(18,19)6-3-13-9)14-12(11(16)17)1-4-20-5-2-12/h9,13H,1-8H2,(H,14,15)(H,16,17). The monoisotopic (exact) mass is 320 g/mol. The summed E-state index contributed by atoms with van der Waals surface area (Å²) in [5, 5.41) is 14.9. The maximum Gasteiger partial charge on any atom is 0.329 e. The number of rotatable bonds is 4. The third-order valence-corrected chi connectivity index (χ3v) is 5.60. The molecule has 1 amide bonds. The molecule has 1 atom stereocenters. The fraction of sp³-hybridized carbons (Fsp3) is 0.833. The Morgan fingerprint density at radius 1 is 1.33 bits per heavy atom. The van der Waals surface area contributed by atoms with Crippen molar-refractivity contribution >= 4 is 21.7 Å². The maximum absolute atomic E-state index is 12.1. The maximum atomic E-state index is 12.1. The van der Waals surface area contributed by atoms with Crippen molar-refractivity contribution < 1.29 is 27.9 Å². The van der Waals surface area contributed by atoms with E-state index in [9.17, 15) is 23.1 Å². The number of hydrogen-bond acceptors (Lipinski definition) is 6. The molecule has 0 aromatic heterocycles. The summed E-state index contributed by atoms with van der Waals surface area (Å²) in [7, 11) is -3.12. The van der Waals surface area contributed by atoms with Gasteiger partial charge in [0.05, 0.1) is 11.5 Å². The summed E-state index contributed by atoms with van der Waals surface area (Å²) in [5.41, 5.74) is -1.30. The number of nitrogens with one attached hydrogen (secondary N) is 2. The lowest BCUT2D eigenvalue weighted by atomic mass is 9.90. The van der Waals surface area contributed by atoms with Crippen molar-refractivity contribution in [2.24, 2.45) is 0 Å². The summed E-state index contributed by atoms with van der Waals surface area (Å²) in [6.45, 7) is 0.878. The summed E-state index contributed by atoms with van der Waals surface area (Å²) < 4.78 is 28.2. The van der Waals surface area contributed by atoms with Crippen LogP contribution < -0.4 is 10.6 Å². The van der Waals surface area contributed by atoms with Crippen LogP contribution in [-0.4, -0.2) is 68.2 Å². The van der Waals surface area contributed by atoms with Gasteiger partial charge in [-0.15, -0.1) is 0 Å². The van der Waals surface area contributed by atoms with Crippen LogP contribution in [-0.2, 0) is 24.2 Å². The Hall–Kier alpha value is -1.19. The topological polar surface area (TPSA) is 122 Å². The average Bonchev–Trinajstić information content (AvgIpc) is 2.38. The van der Waals surface area contributed by atoms with Gasteiger partial charge in [-0.25, -0.2) is 13.2 Å². The van der Waals surface area contributed by atoms with Gasteiger partial charge in [0.25, 0.3) is 0 Å². The minimum atomic E-state index is -3.12. The van der Waals surface area contributed by atoms with Crippen molar-refractivity contribution in [3.63, 3.8) is 0 Å². The third kappa shape index (κ3) is 4.14. The first-order chi connectivity index (χ1) is 9.83. The molecule has 120 valence electrons. The van der Waals surface area contributed by atoms with Crippen LogP contribution in [0.2, 0.25) is 0 Å². The molecule has 0 radical (unpaired) electrons. The van der Waals surface area contributed by atoms with E-state index in [4.69, 9.17) is 4.74 Å². The van der Waals surface area contributed by atoms with Gasteiger partial charge in [0.1, 0.15) is 5.54 Å². The first-order valence-electron chi connectivity index (χ1n) is 6.89. The zero-order valence-electron chi connectivity index (χ0n) is 11.6. The van der Waals surface area contributed by atoms with Crippen molar-refractivity contribution in [2.45, 2.75) is 30.8 Å². The lowest BCUT2D eigenvalue weighted by molar-refractivity contribution is -0.152. The number of carboxylic acids is 1. The van der Waals surface area contributed by atoms with Crippen molar-refractivity contribution in [1.82, 2.24) is 10.6 Å². The fourth-order valence-corrected chi connectivity index (χ4v) is 4.10. The van der Waals surface area contributed by atoms with Crippen LogP contribution in [0.15, 0.2) is 0 Å². The van der Waals surface area contributed by atoms with Crippen molar-refractivity contribution in [3.05, 3.63) is 0 Å². The Labute approximate surface area is 123 Å². The van der Waals surface area contributed by atoms with Crippen LogP contribution in [0, 0.1) is 0 Å². The van der Waals surface area contributed by atoms with Crippen molar-refractivity contribution in [2.75, 3.05) is 31.3 Å². The molecule has 2 aliphatic rings. The number of ether oxygens (including phenoxy) is 1. The van der Waals surface area contributed by atoms with E-state index in [1.54, 1.807) is 0 Å². The Bertz CT molecular complexity index is 512. The molecular weight excluding hydrogens is 300 g/mol. The summed E-state index contributed by atoms with van der Waals surface area (Å²) in [5.74, 6) is -1.55. The van der Waals surface area contributed by atoms with Gasteiger partial charge in [-0.3, -0.25) is 4.79 Å². The zero-order valence-corrected chi connectivity index (χ0v) is 12.4. The number of carbonyl (C=O) groups is 2. The number of aliphatic carboxylic acids is 1. The molecule has 2 aliphatic heterocycles. The van der Waals surface area contributed by atoms with E-state index in [1.807, 2.05) is 0 Å². The summed E-state index contributed by atoms with van der Waals surface area (Å²) in [4.78, 5) is 23.5. The van der Waals surface area contributed by atoms with E-state index in [2.05, 4.69) is 10.6 Å². The molecule has 2 fully saturated rings. The summed E-state index contributed by atoms with van der Waals surface area (Å²) in [6, 6.07) is -0.463. The highest BCUT2D eigenvalue weighted by Crippen LogP contribution is 2.21. The second-order valence-corrected chi connectivity index (χ2v) is 7.75. The number of amides is 1. The molecule has 0 aliphatic carbocycles. The molecule has 8 nitrogen and oxygen atoms in total. The second kappa shape index (κ2) is 6.29. The Morgan fingerprint density at radius 2 is 2.00 bits per heavy atom. The Balaban J connectivity index is 1.95. The lowest BCUT2D eigenvalue weighted by Crippen LogP contribution is -2.58. The smallest absolute Gasteiger partial charge is 0.329 e. The van der Waals surface area contributed by atoms with E-state index in [0.29, 0.717) is 6.54 Å². The van der Waals surface area contributed by atoms with Gasteiger partial charge in [-0.1, -0.05) is 0 Å². The fourth-order valence-electron chi connectivity index (χ4n) is 2.65. The molecule has 9 heteroatoms. The molecule has 3 N–H and O–H groups in total. The molecule has 0 spiro atoms. The van der Waals surface area contributed by atoms with Crippen LogP contribution in [0.1, 0.15) is 19.3 Å². The second-order valence-electron chi connectivity index (χ2n) is 5.52. The minimum absolute atomic E-state index is 0.0465. The Morgan fingerprint density at radius 3 is 2.57 bits per heavy atom. The molecular formula is C12H20N2O6S. The zero-order chi connectivity index (χ0) is 15.5. The van der Waals surface area contributed by atoms with Crippen LogP contribution in [0.5, 0.6) is 0 Å². The molecule has 2 heterocycles. The molecule has 2 rings (SSSR count). The van der Waals surface area contributed by atoms with Gasteiger partial charge in [-0.2, -0.15) is 0 Å². The quantitative estimate of drug-likeness (QED) is 0.577. The molecule has 0 aromatic carbocycles. The highest BCUT2D eigenvalue weighted by Gasteiger charge is 2.42. The molecule has 1 unspecified atom stereocenters. The van der Waals surface area contributed by atoms with E-state index in [0.717, 1.165) is 0 Å². The molecule has 0 aromatic rings. The number of carbonyl (C=O) groups excluding carboxylic acids is 1. The van der Waals surface area contributed by atoms with Crippen molar-refractivity contribution in [1.29, 1.82) is 0 Å². The van der Waals surface area contributed by atoms with E-state index >= 15 is 0 Å². The van der Waals surface area contributed by atoms with Crippen LogP contribution >= 0.6 is 0 Å². The average molecular weight is 320 g/mol. The van der Waals surface area contributed by atoms with Crippen LogP contribution in [0.25, 0.3) is 0 Å². The largest absolute Gasteiger partial charge is 0.480 e. The van der Waals surface area contributed by atoms with Crippen LogP contribution in [0.3, 0.4) is 0 Å². The Kier molecular flexibility index (Phi) is 4.84. The van der Waals surface area contributed by atoms with Gasteiger partial charge in [0, 0.05) is 45.1 Å². The molecule has 0 bridgehead atoms. The first-order valence-corrected chi connectivity index (χ1v) is 8.71. The molecule has 0 saturated carbocycles. The third-order valence-electron chi connectivity index (χ3n) is 3.87. The normalized spacial score (nSPS) is 27.7. The number of carboxylic acid groups (broad SMARTS) is 1. The summed E-state index contributed by atoms with van der Waals surface area (Å²) >= 11 is 0. The number of hydrogen-bond donors (Lipinski definition) is 3. The van der Waals surface area contributed by atoms with Gasteiger partial charge >= 0.3 is 5.97 Å². The predicted molar refractivity (Wildman–Crippen MR) is 73.6 cm³/mol. The van der Waals surface area contributed by atoms with Gasteiger partial charge in [-0.05, 0) is 0 Å². The van der Waals surface area contributed by atoms with Gasteiger partial charge in [0.15, 0.2) is 9.84 Å². The van der Waals surface area contributed by atoms with Crippen LogP contribution in [0.4, 0.5) is 0 Å². The molecule has 21 heavy (non-hydrogen) atoms. The number of sulfone groups is 1. The van der Waals surface area contributed by atoms with Crippen molar-refractivity contribution in [3.8, 4) is 0 Å². The predicted octanol–water partition coefficient (Wildman–Crippen LogP) is -1.49. The van der Waals surface area contributed by atoms with Gasteiger partial charge in [0.2, 0.25) is 5.91 Å². The van der Waals surface area contributed by atoms with E-state index in [1.165, 1.54) is 0 Å². The highest BCUT2D eigenvalue weighted by molar-refractivity contribution is 7.91. The SMILES string of the molecule is O=C(CC1CS(=O)(=O)CCN1)NC1(C(=O)O)CCOCC1.